The summed E-state index contributed by atoms with van der Waals surface area (Å²) in [6, 6.07) is 15.5. The predicted octanol–water partition coefficient (Wildman–Crippen LogP) is 3.98. The molecule has 0 fully saturated rings. The maximum absolute atomic E-state index is 11.8. The largest absolute Gasteiger partial charge is 0.483 e. The van der Waals surface area contributed by atoms with E-state index in [9.17, 15) is 4.79 Å². The van der Waals surface area contributed by atoms with Crippen molar-refractivity contribution in [3.63, 3.8) is 0 Å². The van der Waals surface area contributed by atoms with E-state index in [2.05, 4.69) is 33.4 Å². The van der Waals surface area contributed by atoms with Crippen LogP contribution in [0.2, 0.25) is 0 Å². The van der Waals surface area contributed by atoms with Crippen LogP contribution < -0.4 is 15.6 Å². The number of hydrazine groups is 1. The normalized spacial score (nSPS) is 10.4. The molecule has 5 heteroatoms. The number of rotatable bonds is 7. The van der Waals surface area contributed by atoms with E-state index in [1.807, 2.05) is 61.5 Å². The number of aryl methyl sites for hydroxylation is 1. The summed E-state index contributed by atoms with van der Waals surface area (Å²) >= 11 is 3.39. The molecule has 124 valence electrons. The van der Waals surface area contributed by atoms with Gasteiger partial charge < -0.3 is 4.74 Å². The summed E-state index contributed by atoms with van der Waals surface area (Å²) in [4.78, 5) is 11.8. The molecule has 1 amide bonds. The molecule has 0 bridgehead atoms. The van der Waals surface area contributed by atoms with Crippen molar-refractivity contribution in [1.82, 2.24) is 10.9 Å². The first kappa shape index (κ1) is 17.8. The number of carbonyl (C=O) groups excluding carboxylic acids is 1. The average Bonchev–Trinajstić information content (AvgIpc) is 2.58. The molecule has 0 heterocycles. The van der Waals surface area contributed by atoms with Crippen molar-refractivity contribution in [1.29, 1.82) is 0 Å². The third-order valence-corrected chi connectivity index (χ3v) is 3.63. The number of allylic oxidation sites excluding steroid dienone is 1. The van der Waals surface area contributed by atoms with Gasteiger partial charge in [-0.1, -0.05) is 58.9 Å². The first-order valence-corrected chi connectivity index (χ1v) is 8.20. The molecule has 0 saturated carbocycles. The quantitative estimate of drug-likeness (QED) is 0.558. The third kappa shape index (κ3) is 5.93. The van der Waals surface area contributed by atoms with E-state index in [0.717, 1.165) is 15.6 Å². The SMILES string of the molecule is C=C(C=Cc1ccccc1)NNC(=O)COc1ccc(Br)cc1C. The summed E-state index contributed by atoms with van der Waals surface area (Å²) in [6.45, 7) is 5.67. The summed E-state index contributed by atoms with van der Waals surface area (Å²) in [5.41, 5.74) is 7.88. The topological polar surface area (TPSA) is 50.4 Å². The van der Waals surface area contributed by atoms with Gasteiger partial charge in [0.2, 0.25) is 0 Å². The molecule has 4 nitrogen and oxygen atoms in total. The van der Waals surface area contributed by atoms with Gasteiger partial charge in [-0.05, 0) is 42.3 Å². The van der Waals surface area contributed by atoms with Crippen LogP contribution in [0.25, 0.3) is 6.08 Å². The van der Waals surface area contributed by atoms with Gasteiger partial charge in [-0.3, -0.25) is 15.6 Å². The Bertz CT molecular complexity index is 742. The zero-order chi connectivity index (χ0) is 17.4. The molecule has 0 spiro atoms. The number of hydrogen-bond donors (Lipinski definition) is 2. The lowest BCUT2D eigenvalue weighted by Gasteiger charge is -2.11. The second-order valence-corrected chi connectivity index (χ2v) is 6.06. The molecule has 0 saturated heterocycles. The summed E-state index contributed by atoms with van der Waals surface area (Å²) in [6.07, 6.45) is 3.69. The minimum absolute atomic E-state index is 0.0782. The zero-order valence-corrected chi connectivity index (χ0v) is 15.0. The van der Waals surface area contributed by atoms with E-state index in [1.165, 1.54) is 0 Å². The number of hydrogen-bond acceptors (Lipinski definition) is 3. The van der Waals surface area contributed by atoms with E-state index in [-0.39, 0.29) is 12.5 Å². The number of ether oxygens (including phenoxy) is 1. The molecular weight excluding hydrogens is 368 g/mol. The second kappa shape index (κ2) is 8.93. The molecule has 24 heavy (non-hydrogen) atoms. The number of amides is 1. The first-order chi connectivity index (χ1) is 11.5. The van der Waals surface area contributed by atoms with Crippen LogP contribution in [0.15, 0.2) is 71.4 Å². The molecule has 0 aliphatic carbocycles. The summed E-state index contributed by atoms with van der Waals surface area (Å²) < 4.78 is 6.47. The van der Waals surface area contributed by atoms with Gasteiger partial charge in [-0.15, -0.1) is 0 Å². The Kier molecular flexibility index (Phi) is 6.63. The smallest absolute Gasteiger partial charge is 0.276 e. The predicted molar refractivity (Wildman–Crippen MR) is 100 cm³/mol. The van der Waals surface area contributed by atoms with Crippen molar-refractivity contribution in [2.45, 2.75) is 6.92 Å². The van der Waals surface area contributed by atoms with Crippen molar-refractivity contribution in [2.24, 2.45) is 0 Å². The molecule has 2 aromatic carbocycles. The Labute approximate surface area is 150 Å². The van der Waals surface area contributed by atoms with E-state index in [4.69, 9.17) is 4.74 Å². The van der Waals surface area contributed by atoms with Crippen LogP contribution in [0, 0.1) is 6.92 Å². The molecule has 0 atom stereocenters. The molecule has 0 radical (unpaired) electrons. The van der Waals surface area contributed by atoms with E-state index in [0.29, 0.717) is 11.4 Å². The minimum Gasteiger partial charge on any atom is -0.483 e. The highest BCUT2D eigenvalue weighted by atomic mass is 79.9. The Balaban J connectivity index is 1.74. The fourth-order valence-corrected chi connectivity index (χ4v) is 2.38. The molecule has 0 unspecified atom stereocenters. The number of benzene rings is 2. The van der Waals surface area contributed by atoms with E-state index in [1.54, 1.807) is 6.08 Å². The van der Waals surface area contributed by atoms with Crippen molar-refractivity contribution in [3.8, 4) is 5.75 Å². The van der Waals surface area contributed by atoms with Gasteiger partial charge in [-0.25, -0.2) is 0 Å². The van der Waals surface area contributed by atoms with Crippen molar-refractivity contribution in [3.05, 3.63) is 82.5 Å². The lowest BCUT2D eigenvalue weighted by Crippen LogP contribution is -2.39. The van der Waals surface area contributed by atoms with Gasteiger partial charge in [0.1, 0.15) is 5.75 Å². The van der Waals surface area contributed by atoms with Gasteiger partial charge in [0.25, 0.3) is 5.91 Å². The van der Waals surface area contributed by atoms with Crippen LogP contribution in [-0.2, 0) is 4.79 Å². The molecule has 0 aliphatic heterocycles. The van der Waals surface area contributed by atoms with Crippen LogP contribution >= 0.6 is 15.9 Å². The second-order valence-electron chi connectivity index (χ2n) is 5.14. The number of carbonyl (C=O) groups is 1. The Morgan fingerprint density at radius 3 is 2.67 bits per heavy atom. The van der Waals surface area contributed by atoms with Crippen LogP contribution in [0.3, 0.4) is 0 Å². The number of halogens is 1. The number of nitrogens with one attached hydrogen (secondary N) is 2. The Morgan fingerprint density at radius 1 is 1.21 bits per heavy atom. The average molecular weight is 387 g/mol. The maximum Gasteiger partial charge on any atom is 0.276 e. The van der Waals surface area contributed by atoms with Crippen LogP contribution in [0.1, 0.15) is 11.1 Å². The monoisotopic (exact) mass is 386 g/mol. The van der Waals surface area contributed by atoms with Gasteiger partial charge in [0, 0.05) is 10.2 Å². The Hall–Kier alpha value is -2.53. The van der Waals surface area contributed by atoms with Gasteiger partial charge in [-0.2, -0.15) is 0 Å². The fourth-order valence-electron chi connectivity index (χ4n) is 1.91. The lowest BCUT2D eigenvalue weighted by molar-refractivity contribution is -0.123. The molecule has 0 aromatic heterocycles. The summed E-state index contributed by atoms with van der Waals surface area (Å²) in [5, 5.41) is 0. The van der Waals surface area contributed by atoms with Crippen LogP contribution in [0.4, 0.5) is 0 Å². The highest BCUT2D eigenvalue weighted by Crippen LogP contribution is 2.21. The molecular formula is C19H19BrN2O2. The Morgan fingerprint density at radius 2 is 1.96 bits per heavy atom. The van der Waals surface area contributed by atoms with Gasteiger partial charge in [0.15, 0.2) is 6.61 Å². The summed E-state index contributed by atoms with van der Waals surface area (Å²) in [7, 11) is 0. The van der Waals surface area contributed by atoms with Crippen molar-refractivity contribution < 1.29 is 9.53 Å². The van der Waals surface area contributed by atoms with E-state index >= 15 is 0 Å². The first-order valence-electron chi connectivity index (χ1n) is 7.40. The van der Waals surface area contributed by atoms with Crippen LogP contribution in [-0.4, -0.2) is 12.5 Å². The standard InChI is InChI=1S/C19H19BrN2O2/c1-14-12-17(20)10-11-18(14)24-13-19(23)22-21-15(2)8-9-16-6-4-3-5-7-16/h3-12,21H,2,13H2,1H3,(H,22,23). The molecule has 2 N–H and O–H groups in total. The van der Waals surface area contributed by atoms with Gasteiger partial charge >= 0.3 is 0 Å². The van der Waals surface area contributed by atoms with Crippen molar-refractivity contribution in [2.75, 3.05) is 6.61 Å². The van der Waals surface area contributed by atoms with Crippen molar-refractivity contribution >= 4 is 27.9 Å². The summed E-state index contributed by atoms with van der Waals surface area (Å²) in [5.74, 6) is 0.391. The minimum atomic E-state index is -0.286. The maximum atomic E-state index is 11.8. The molecule has 0 aliphatic rings. The molecule has 2 rings (SSSR count). The lowest BCUT2D eigenvalue weighted by atomic mass is 10.2. The fraction of sp³-hybridized carbons (Fsp3) is 0.105. The van der Waals surface area contributed by atoms with Crippen LogP contribution in [0.5, 0.6) is 5.75 Å². The molecule has 2 aromatic rings. The third-order valence-electron chi connectivity index (χ3n) is 3.13. The zero-order valence-electron chi connectivity index (χ0n) is 13.4. The highest BCUT2D eigenvalue weighted by molar-refractivity contribution is 9.10. The van der Waals surface area contributed by atoms with E-state index < -0.39 is 0 Å². The van der Waals surface area contributed by atoms with Gasteiger partial charge in [0.05, 0.1) is 0 Å². The highest BCUT2D eigenvalue weighted by Gasteiger charge is 2.05.